The van der Waals surface area contributed by atoms with E-state index in [1.807, 2.05) is 47.8 Å². The molecule has 2 nitrogen and oxygen atoms in total. The van der Waals surface area contributed by atoms with Gasteiger partial charge < -0.3 is 8.83 Å². The number of rotatable bonds is 4. The van der Waals surface area contributed by atoms with E-state index in [-0.39, 0.29) is 6.71 Å². The molecule has 9 aromatic carbocycles. The largest absolute Gasteiger partial charge is 0.455 e. The van der Waals surface area contributed by atoms with Gasteiger partial charge in [0.15, 0.2) is 0 Å². The van der Waals surface area contributed by atoms with Gasteiger partial charge in [0, 0.05) is 52.3 Å². The summed E-state index contributed by atoms with van der Waals surface area (Å²) in [5, 5.41) is 4.60. The number of hydrogen-bond donors (Lipinski definition) is 0. The van der Waals surface area contributed by atoms with E-state index >= 15 is 0 Å². The molecule has 0 bridgehead atoms. The molecule has 11 aromatic rings. The molecular formula is C54H31BO2S2. The Morgan fingerprint density at radius 2 is 0.746 bits per heavy atom. The summed E-state index contributed by atoms with van der Waals surface area (Å²) in [6.45, 7) is 0.172. The first kappa shape index (κ1) is 33.3. The van der Waals surface area contributed by atoms with Crippen molar-refractivity contribution in [1.82, 2.24) is 0 Å². The molecule has 4 heterocycles. The summed E-state index contributed by atoms with van der Waals surface area (Å²) in [6, 6.07) is 68.3. The lowest BCUT2D eigenvalue weighted by Gasteiger charge is -2.33. The summed E-state index contributed by atoms with van der Waals surface area (Å²) in [7, 11) is 0. The highest BCUT2D eigenvalue weighted by Crippen LogP contribution is 2.43. The van der Waals surface area contributed by atoms with Gasteiger partial charge >= 0.3 is 0 Å². The molecule has 0 spiro atoms. The van der Waals surface area contributed by atoms with Crippen molar-refractivity contribution in [3.8, 4) is 44.5 Å². The second-order valence-electron chi connectivity index (χ2n) is 15.5. The van der Waals surface area contributed by atoms with E-state index in [0.29, 0.717) is 0 Å². The van der Waals surface area contributed by atoms with Gasteiger partial charge in [-0.3, -0.25) is 0 Å². The first-order valence-electron chi connectivity index (χ1n) is 20.0. The number of hydrogen-bond acceptors (Lipinski definition) is 4. The Bertz CT molecular complexity index is 3310. The summed E-state index contributed by atoms with van der Waals surface area (Å²) < 4.78 is 12.9. The molecule has 0 saturated carbocycles. The van der Waals surface area contributed by atoms with Crippen LogP contribution in [0.1, 0.15) is 0 Å². The Morgan fingerprint density at radius 3 is 1.27 bits per heavy atom. The monoisotopic (exact) mass is 786 g/mol. The molecule has 2 aromatic heterocycles. The molecule has 2 aliphatic heterocycles. The summed E-state index contributed by atoms with van der Waals surface area (Å²) in [5.74, 6) is 0. The lowest BCUT2D eigenvalue weighted by atomic mass is 9.36. The van der Waals surface area contributed by atoms with Crippen molar-refractivity contribution in [2.45, 2.75) is 19.6 Å². The van der Waals surface area contributed by atoms with Crippen LogP contribution in [0, 0.1) is 0 Å². The van der Waals surface area contributed by atoms with Crippen LogP contribution in [0.5, 0.6) is 0 Å². The zero-order valence-electron chi connectivity index (χ0n) is 31.6. The Kier molecular flexibility index (Phi) is 7.30. The summed E-state index contributed by atoms with van der Waals surface area (Å²) >= 11 is 3.81. The van der Waals surface area contributed by atoms with E-state index in [1.165, 1.54) is 58.2 Å². The minimum absolute atomic E-state index is 0.172. The van der Waals surface area contributed by atoms with Gasteiger partial charge in [0.05, 0.1) is 0 Å². The van der Waals surface area contributed by atoms with Gasteiger partial charge in [-0.15, -0.1) is 0 Å². The Balaban J connectivity index is 0.872. The fourth-order valence-electron chi connectivity index (χ4n) is 9.47. The van der Waals surface area contributed by atoms with Crippen molar-refractivity contribution in [3.05, 3.63) is 188 Å². The van der Waals surface area contributed by atoms with Gasteiger partial charge in [-0.1, -0.05) is 174 Å². The Labute approximate surface area is 349 Å². The highest BCUT2D eigenvalue weighted by molar-refractivity contribution is 8.01. The number of benzene rings is 9. The average molecular weight is 787 g/mol. The standard InChI is InChI=1S/C54H31BO2S2/c1-3-20-46-40(14-1)42-18-7-16-38(53(42)56-46)36-12-5-10-32(28-36)34-24-26-44-50(30-34)58-48-22-9-23-49-52(48)55(44)45-27-25-35(31-51(45)59-49)33-11-6-13-37(29-33)39-17-8-19-43-41-15-2-4-21-47(41)57-54(39)43/h1-31H. The molecule has 0 N–H and O–H groups in total. The number of fused-ring (bicyclic) bond motifs is 10. The van der Waals surface area contributed by atoms with Crippen LogP contribution in [0.3, 0.4) is 0 Å². The van der Waals surface area contributed by atoms with Crippen LogP contribution in [0.4, 0.5) is 0 Å². The van der Waals surface area contributed by atoms with Crippen molar-refractivity contribution in [3.63, 3.8) is 0 Å². The molecule has 0 unspecified atom stereocenters. The van der Waals surface area contributed by atoms with Crippen LogP contribution in [-0.2, 0) is 0 Å². The van der Waals surface area contributed by atoms with E-state index in [4.69, 9.17) is 8.83 Å². The highest BCUT2D eigenvalue weighted by atomic mass is 32.2. The zero-order chi connectivity index (χ0) is 38.6. The van der Waals surface area contributed by atoms with Gasteiger partial charge in [-0.2, -0.15) is 0 Å². The van der Waals surface area contributed by atoms with Crippen molar-refractivity contribution in [1.29, 1.82) is 0 Å². The molecule has 0 amide bonds. The second-order valence-corrected chi connectivity index (χ2v) is 17.7. The number of para-hydroxylation sites is 4. The first-order chi connectivity index (χ1) is 29.2. The van der Waals surface area contributed by atoms with Crippen LogP contribution >= 0.6 is 23.5 Å². The molecule has 2 aliphatic rings. The quantitative estimate of drug-likeness (QED) is 0.166. The summed E-state index contributed by atoms with van der Waals surface area (Å²) in [6.07, 6.45) is 0. The van der Waals surface area contributed by atoms with Gasteiger partial charge in [0.2, 0.25) is 6.71 Å². The second kappa shape index (κ2) is 12.9. The molecule has 0 fully saturated rings. The molecule has 5 heteroatoms. The molecule has 13 rings (SSSR count). The van der Waals surface area contributed by atoms with E-state index in [2.05, 4.69) is 164 Å². The molecule has 0 radical (unpaired) electrons. The van der Waals surface area contributed by atoms with E-state index in [0.717, 1.165) is 66.1 Å². The van der Waals surface area contributed by atoms with Gasteiger partial charge in [-0.25, -0.2) is 0 Å². The smallest absolute Gasteiger partial charge is 0.247 e. The van der Waals surface area contributed by atoms with Crippen molar-refractivity contribution in [2.24, 2.45) is 0 Å². The van der Waals surface area contributed by atoms with Crippen LogP contribution in [-0.4, -0.2) is 6.71 Å². The topological polar surface area (TPSA) is 26.3 Å². The molecule has 274 valence electrons. The van der Waals surface area contributed by atoms with Gasteiger partial charge in [0.1, 0.15) is 22.3 Å². The fourth-order valence-corrected chi connectivity index (χ4v) is 12.0. The van der Waals surface area contributed by atoms with E-state index in [9.17, 15) is 0 Å². The van der Waals surface area contributed by atoms with Crippen LogP contribution in [0.2, 0.25) is 0 Å². The third-order valence-corrected chi connectivity index (χ3v) is 14.5. The van der Waals surface area contributed by atoms with Crippen molar-refractivity contribution >= 4 is 90.5 Å². The molecule has 0 aliphatic carbocycles. The highest BCUT2D eigenvalue weighted by Gasteiger charge is 2.38. The normalized spacial score (nSPS) is 12.9. The Hall–Kier alpha value is -6.66. The zero-order valence-corrected chi connectivity index (χ0v) is 33.2. The SMILES string of the molecule is c1cc(-c2ccc3c(c2)Sc2cccc4c2B3c2ccc(-c3cccc(-c5cccc6c5oc5ccccc56)c3)cc2S4)cc(-c2cccc3c2oc2ccccc23)c1. The maximum absolute atomic E-state index is 6.43. The predicted molar refractivity (Wildman–Crippen MR) is 249 cm³/mol. The third-order valence-electron chi connectivity index (χ3n) is 12.2. The molecule has 59 heavy (non-hydrogen) atoms. The lowest BCUT2D eigenvalue weighted by molar-refractivity contribution is 0.669. The minimum Gasteiger partial charge on any atom is -0.455 e. The van der Waals surface area contributed by atoms with E-state index < -0.39 is 0 Å². The Morgan fingerprint density at radius 1 is 0.322 bits per heavy atom. The maximum Gasteiger partial charge on any atom is 0.247 e. The van der Waals surface area contributed by atoms with Gasteiger partial charge in [-0.05, 0) is 87.4 Å². The molecule has 0 saturated heterocycles. The maximum atomic E-state index is 6.43. The van der Waals surface area contributed by atoms with E-state index in [1.54, 1.807) is 0 Å². The number of furan rings is 2. The molecule has 0 atom stereocenters. The van der Waals surface area contributed by atoms with Crippen LogP contribution in [0.15, 0.2) is 216 Å². The van der Waals surface area contributed by atoms with Crippen LogP contribution < -0.4 is 16.4 Å². The van der Waals surface area contributed by atoms with Crippen molar-refractivity contribution < 1.29 is 8.83 Å². The predicted octanol–water partition coefficient (Wildman–Crippen LogP) is 13.6. The van der Waals surface area contributed by atoms with Crippen molar-refractivity contribution in [2.75, 3.05) is 0 Å². The van der Waals surface area contributed by atoms with Crippen LogP contribution in [0.25, 0.3) is 88.4 Å². The van der Waals surface area contributed by atoms with Gasteiger partial charge in [0.25, 0.3) is 0 Å². The third kappa shape index (κ3) is 5.18. The summed E-state index contributed by atoms with van der Waals surface area (Å²) in [4.78, 5) is 5.32. The lowest BCUT2D eigenvalue weighted by Crippen LogP contribution is -2.57. The first-order valence-corrected chi connectivity index (χ1v) is 21.6. The fraction of sp³-hybridized carbons (Fsp3) is 0. The summed E-state index contributed by atoms with van der Waals surface area (Å²) in [5.41, 5.74) is 17.2. The average Bonchev–Trinajstić information content (AvgIpc) is 3.87. The minimum atomic E-state index is 0.172. The molecular weight excluding hydrogens is 756 g/mol.